The van der Waals surface area contributed by atoms with E-state index in [1.54, 1.807) is 19.2 Å². The number of carbonyl (C=O) groups is 1. The average molecular weight is 383 g/mol. The van der Waals surface area contributed by atoms with Crippen molar-refractivity contribution in [2.45, 2.75) is 20.4 Å². The second-order valence-electron chi connectivity index (χ2n) is 6.86. The van der Waals surface area contributed by atoms with Gasteiger partial charge in [0.25, 0.3) is 5.91 Å². The smallest absolute Gasteiger partial charge is 0.270 e. The number of amides is 1. The van der Waals surface area contributed by atoms with Gasteiger partial charge in [0.1, 0.15) is 17.3 Å². The molecule has 2 aromatic carbocycles. The number of carbonyl (C=O) groups excluding carboxylic acids is 1. The van der Waals surface area contributed by atoms with Crippen molar-refractivity contribution < 1.29 is 4.79 Å². The number of rotatable bonds is 5. The van der Waals surface area contributed by atoms with Gasteiger partial charge in [-0.25, -0.2) is 9.97 Å². The molecule has 0 atom stereocenters. The molecule has 144 valence electrons. The second-order valence-corrected chi connectivity index (χ2v) is 6.86. The molecule has 6 nitrogen and oxygen atoms in total. The molecule has 0 aliphatic rings. The van der Waals surface area contributed by atoms with Gasteiger partial charge in [0.15, 0.2) is 0 Å². The first-order valence-electron chi connectivity index (χ1n) is 9.39. The minimum Gasteiger partial charge on any atom is -0.347 e. The third-order valence-electron chi connectivity index (χ3n) is 4.50. The summed E-state index contributed by atoms with van der Waals surface area (Å²) in [5.41, 5.74) is 4.19. The van der Waals surface area contributed by atoms with Gasteiger partial charge in [0, 0.05) is 24.2 Å². The van der Waals surface area contributed by atoms with Gasteiger partial charge in [-0.3, -0.25) is 9.78 Å². The molecule has 0 aliphatic carbocycles. The van der Waals surface area contributed by atoms with Gasteiger partial charge in [-0.15, -0.1) is 0 Å². The maximum atomic E-state index is 12.6. The zero-order chi connectivity index (χ0) is 20.2. The summed E-state index contributed by atoms with van der Waals surface area (Å²) in [7, 11) is 0. The van der Waals surface area contributed by atoms with Crippen LogP contribution in [0.25, 0.3) is 10.9 Å². The van der Waals surface area contributed by atoms with Crippen LogP contribution in [0.2, 0.25) is 0 Å². The van der Waals surface area contributed by atoms with Crippen LogP contribution in [0.15, 0.2) is 66.9 Å². The number of anilines is 2. The first kappa shape index (κ1) is 18.6. The van der Waals surface area contributed by atoms with E-state index in [2.05, 4.69) is 25.6 Å². The van der Waals surface area contributed by atoms with Crippen molar-refractivity contribution in [3.05, 3.63) is 89.5 Å². The number of para-hydroxylation sites is 1. The van der Waals surface area contributed by atoms with Crippen molar-refractivity contribution in [2.24, 2.45) is 0 Å². The van der Waals surface area contributed by atoms with E-state index in [0.717, 1.165) is 27.7 Å². The predicted octanol–water partition coefficient (Wildman–Crippen LogP) is 4.32. The first-order chi connectivity index (χ1) is 14.1. The highest BCUT2D eigenvalue weighted by molar-refractivity contribution is 5.94. The highest BCUT2D eigenvalue weighted by atomic mass is 16.1. The molecule has 29 heavy (non-hydrogen) atoms. The fourth-order valence-corrected chi connectivity index (χ4v) is 3.19. The molecule has 0 radical (unpaired) electrons. The third kappa shape index (κ3) is 4.38. The van der Waals surface area contributed by atoms with Crippen molar-refractivity contribution in [3.63, 3.8) is 0 Å². The summed E-state index contributed by atoms with van der Waals surface area (Å²) in [5, 5.41) is 7.22. The maximum Gasteiger partial charge on any atom is 0.270 e. The van der Waals surface area contributed by atoms with E-state index in [-0.39, 0.29) is 5.91 Å². The lowest BCUT2D eigenvalue weighted by molar-refractivity contribution is 0.0945. The maximum absolute atomic E-state index is 12.6. The highest BCUT2D eigenvalue weighted by Crippen LogP contribution is 2.24. The lowest BCUT2D eigenvalue weighted by Crippen LogP contribution is -2.24. The molecule has 2 heterocycles. The standard InChI is InChI=1S/C23H21N5O/c1-15-6-3-7-17(12-15)14-25-23(29)20-13-21(27-16(2)26-20)28-19-10-4-8-18-9-5-11-24-22(18)19/h3-13H,14H2,1-2H3,(H,25,29)(H,26,27,28). The number of benzene rings is 2. The lowest BCUT2D eigenvalue weighted by atomic mass is 10.1. The molecule has 0 aliphatic heterocycles. The van der Waals surface area contributed by atoms with E-state index in [1.807, 2.05) is 61.5 Å². The van der Waals surface area contributed by atoms with Crippen LogP contribution in [-0.2, 0) is 6.54 Å². The number of nitrogens with one attached hydrogen (secondary N) is 2. The summed E-state index contributed by atoms with van der Waals surface area (Å²) < 4.78 is 0. The van der Waals surface area contributed by atoms with Crippen molar-refractivity contribution in [2.75, 3.05) is 5.32 Å². The third-order valence-corrected chi connectivity index (χ3v) is 4.50. The van der Waals surface area contributed by atoms with E-state index in [0.29, 0.717) is 23.9 Å². The van der Waals surface area contributed by atoms with Gasteiger partial charge >= 0.3 is 0 Å². The molecule has 0 spiro atoms. The van der Waals surface area contributed by atoms with Crippen LogP contribution in [0, 0.1) is 13.8 Å². The van der Waals surface area contributed by atoms with Crippen molar-refractivity contribution in [1.29, 1.82) is 0 Å². The Hall–Kier alpha value is -3.80. The molecular weight excluding hydrogens is 362 g/mol. The quantitative estimate of drug-likeness (QED) is 0.537. The summed E-state index contributed by atoms with van der Waals surface area (Å²) in [6, 6.07) is 19.5. The molecule has 4 rings (SSSR count). The number of pyridine rings is 1. The number of hydrogen-bond donors (Lipinski definition) is 2. The van der Waals surface area contributed by atoms with Crippen LogP contribution in [0.1, 0.15) is 27.4 Å². The second kappa shape index (κ2) is 8.06. The molecular formula is C23H21N5O. The Bertz CT molecular complexity index is 1180. The SMILES string of the molecule is Cc1cccc(CNC(=O)c2cc(Nc3cccc4cccnc34)nc(C)n2)c1. The number of aromatic nitrogens is 3. The molecule has 0 bridgehead atoms. The van der Waals surface area contributed by atoms with Crippen molar-refractivity contribution in [1.82, 2.24) is 20.3 Å². The van der Waals surface area contributed by atoms with Gasteiger partial charge in [-0.2, -0.15) is 0 Å². The minimum absolute atomic E-state index is 0.240. The summed E-state index contributed by atoms with van der Waals surface area (Å²) in [5.74, 6) is 0.830. The zero-order valence-corrected chi connectivity index (χ0v) is 16.3. The van der Waals surface area contributed by atoms with Crippen LogP contribution in [0.3, 0.4) is 0 Å². The average Bonchev–Trinajstić information content (AvgIpc) is 2.72. The fourth-order valence-electron chi connectivity index (χ4n) is 3.19. The van der Waals surface area contributed by atoms with E-state index >= 15 is 0 Å². The summed E-state index contributed by atoms with van der Waals surface area (Å²) in [6.07, 6.45) is 1.75. The Kier molecular flexibility index (Phi) is 5.16. The van der Waals surface area contributed by atoms with E-state index < -0.39 is 0 Å². The number of fused-ring (bicyclic) bond motifs is 1. The number of nitrogens with zero attached hydrogens (tertiary/aromatic N) is 3. The first-order valence-corrected chi connectivity index (χ1v) is 9.39. The van der Waals surface area contributed by atoms with Crippen molar-refractivity contribution in [3.8, 4) is 0 Å². The molecule has 2 N–H and O–H groups in total. The number of aryl methyl sites for hydroxylation is 2. The monoisotopic (exact) mass is 383 g/mol. The largest absolute Gasteiger partial charge is 0.347 e. The number of hydrogen-bond acceptors (Lipinski definition) is 5. The summed E-state index contributed by atoms with van der Waals surface area (Å²) in [6.45, 7) is 4.24. The fraction of sp³-hybridized carbons (Fsp3) is 0.130. The molecule has 1 amide bonds. The molecule has 0 unspecified atom stereocenters. The van der Waals surface area contributed by atoms with Crippen LogP contribution in [-0.4, -0.2) is 20.9 Å². The van der Waals surface area contributed by atoms with Gasteiger partial charge < -0.3 is 10.6 Å². The van der Waals surface area contributed by atoms with Crippen LogP contribution in [0.4, 0.5) is 11.5 Å². The summed E-state index contributed by atoms with van der Waals surface area (Å²) >= 11 is 0. The van der Waals surface area contributed by atoms with E-state index in [9.17, 15) is 4.79 Å². The van der Waals surface area contributed by atoms with E-state index in [1.165, 1.54) is 0 Å². The van der Waals surface area contributed by atoms with E-state index in [4.69, 9.17) is 0 Å². The Balaban J connectivity index is 1.55. The Morgan fingerprint density at radius 2 is 1.79 bits per heavy atom. The van der Waals surface area contributed by atoms with Gasteiger partial charge in [0.2, 0.25) is 0 Å². The van der Waals surface area contributed by atoms with Gasteiger partial charge in [0.05, 0.1) is 11.2 Å². The van der Waals surface area contributed by atoms with Crippen LogP contribution in [0.5, 0.6) is 0 Å². The molecule has 0 fully saturated rings. The molecule has 6 heteroatoms. The Morgan fingerprint density at radius 3 is 2.66 bits per heavy atom. The zero-order valence-electron chi connectivity index (χ0n) is 16.3. The van der Waals surface area contributed by atoms with Crippen LogP contribution < -0.4 is 10.6 Å². The molecule has 2 aromatic heterocycles. The predicted molar refractivity (Wildman–Crippen MR) is 114 cm³/mol. The van der Waals surface area contributed by atoms with Crippen molar-refractivity contribution >= 4 is 28.3 Å². The highest BCUT2D eigenvalue weighted by Gasteiger charge is 2.12. The Labute approximate surface area is 169 Å². The lowest BCUT2D eigenvalue weighted by Gasteiger charge is -2.11. The normalized spacial score (nSPS) is 10.7. The van der Waals surface area contributed by atoms with Gasteiger partial charge in [-0.1, -0.05) is 48.0 Å². The Morgan fingerprint density at radius 1 is 0.966 bits per heavy atom. The minimum atomic E-state index is -0.240. The molecule has 4 aromatic rings. The molecule has 0 saturated heterocycles. The summed E-state index contributed by atoms with van der Waals surface area (Å²) in [4.78, 5) is 25.8. The van der Waals surface area contributed by atoms with Gasteiger partial charge in [-0.05, 0) is 31.5 Å². The van der Waals surface area contributed by atoms with Crippen LogP contribution >= 0.6 is 0 Å². The molecule has 0 saturated carbocycles. The topological polar surface area (TPSA) is 79.8 Å².